The van der Waals surface area contributed by atoms with Crippen molar-refractivity contribution < 1.29 is 27.8 Å². The van der Waals surface area contributed by atoms with E-state index >= 15 is 0 Å². The van der Waals surface area contributed by atoms with Crippen LogP contribution in [-0.2, 0) is 9.53 Å². The number of halogens is 2. The van der Waals surface area contributed by atoms with Crippen LogP contribution in [0.1, 0.15) is 23.2 Å². The molecule has 2 atom stereocenters. The minimum Gasteiger partial charge on any atom is -0.435 e. The summed E-state index contributed by atoms with van der Waals surface area (Å²) in [4.78, 5) is 27.1. The number of fused-ring (bicyclic) bond motifs is 1. The Labute approximate surface area is 142 Å². The molecule has 0 radical (unpaired) electrons. The number of amides is 1. The summed E-state index contributed by atoms with van der Waals surface area (Å²) in [5.41, 5.74) is 0.803. The molecule has 1 aromatic carbocycles. The summed E-state index contributed by atoms with van der Waals surface area (Å²) < 4.78 is 34.1. The van der Waals surface area contributed by atoms with E-state index in [9.17, 15) is 18.4 Å². The number of carbonyl (C=O) groups is 2. The van der Waals surface area contributed by atoms with E-state index in [1.165, 1.54) is 18.3 Å². The number of nitrogens with one attached hydrogen (secondary N) is 1. The molecule has 0 bridgehead atoms. The first-order valence-corrected chi connectivity index (χ1v) is 7.77. The van der Waals surface area contributed by atoms with Gasteiger partial charge in [0.15, 0.2) is 0 Å². The molecule has 0 spiro atoms. The molecule has 0 unspecified atom stereocenters. The summed E-state index contributed by atoms with van der Waals surface area (Å²) >= 11 is 0. The number of rotatable bonds is 5. The van der Waals surface area contributed by atoms with E-state index < -0.39 is 12.7 Å². The molecule has 1 saturated heterocycles. The van der Waals surface area contributed by atoms with Gasteiger partial charge in [0.05, 0.1) is 23.7 Å². The second-order valence-electron chi connectivity index (χ2n) is 5.71. The molecule has 1 amide bonds. The lowest BCUT2D eigenvalue weighted by molar-refractivity contribution is -0.121. The first-order chi connectivity index (χ1) is 12.0. The molecule has 2 heterocycles. The van der Waals surface area contributed by atoms with Gasteiger partial charge in [-0.15, -0.1) is 0 Å². The van der Waals surface area contributed by atoms with Crippen molar-refractivity contribution in [1.82, 2.24) is 10.3 Å². The van der Waals surface area contributed by atoms with Crippen molar-refractivity contribution in [2.45, 2.75) is 31.6 Å². The Bertz CT molecular complexity index is 776. The number of pyridine rings is 1. The van der Waals surface area contributed by atoms with Crippen LogP contribution in [0.2, 0.25) is 0 Å². The number of aldehydes is 1. The van der Waals surface area contributed by atoms with Crippen LogP contribution >= 0.6 is 0 Å². The predicted octanol–water partition coefficient (Wildman–Crippen LogP) is 2.31. The maximum Gasteiger partial charge on any atom is 0.387 e. The topological polar surface area (TPSA) is 77.5 Å². The van der Waals surface area contributed by atoms with Gasteiger partial charge >= 0.3 is 6.61 Å². The molecular formula is C17H16F2N2O4. The monoisotopic (exact) mass is 350 g/mol. The number of carbonyl (C=O) groups excluding carboxylic acids is 2. The van der Waals surface area contributed by atoms with Crippen molar-refractivity contribution in [2.24, 2.45) is 0 Å². The maximum absolute atomic E-state index is 12.3. The lowest BCUT2D eigenvalue weighted by atomic mass is 10.1. The van der Waals surface area contributed by atoms with Crippen molar-refractivity contribution in [2.75, 3.05) is 6.61 Å². The zero-order valence-electron chi connectivity index (χ0n) is 13.2. The van der Waals surface area contributed by atoms with Gasteiger partial charge in [0, 0.05) is 17.6 Å². The average Bonchev–Trinajstić information content (AvgIpc) is 2.61. The maximum atomic E-state index is 12.3. The predicted molar refractivity (Wildman–Crippen MR) is 84.7 cm³/mol. The van der Waals surface area contributed by atoms with Crippen LogP contribution < -0.4 is 10.1 Å². The Morgan fingerprint density at radius 3 is 2.88 bits per heavy atom. The first kappa shape index (κ1) is 17.2. The van der Waals surface area contributed by atoms with E-state index in [0.29, 0.717) is 29.3 Å². The number of hydrogen-bond donors (Lipinski definition) is 1. The summed E-state index contributed by atoms with van der Waals surface area (Å²) in [7, 11) is 0. The van der Waals surface area contributed by atoms with Gasteiger partial charge in [0.2, 0.25) is 0 Å². The highest BCUT2D eigenvalue weighted by Crippen LogP contribution is 2.22. The van der Waals surface area contributed by atoms with E-state index in [1.54, 1.807) is 12.1 Å². The molecule has 1 aliphatic heterocycles. The van der Waals surface area contributed by atoms with E-state index in [0.717, 1.165) is 6.29 Å². The fourth-order valence-electron chi connectivity index (χ4n) is 2.66. The molecule has 132 valence electrons. The van der Waals surface area contributed by atoms with Gasteiger partial charge in [-0.3, -0.25) is 9.78 Å². The molecule has 0 saturated carbocycles. The highest BCUT2D eigenvalue weighted by atomic mass is 19.3. The molecule has 1 aliphatic rings. The summed E-state index contributed by atoms with van der Waals surface area (Å²) in [6, 6.07) is 5.81. The average molecular weight is 350 g/mol. The van der Waals surface area contributed by atoms with Gasteiger partial charge in [-0.2, -0.15) is 8.78 Å². The number of ether oxygens (including phenoxy) is 2. The van der Waals surface area contributed by atoms with Gasteiger partial charge < -0.3 is 19.6 Å². The smallest absolute Gasteiger partial charge is 0.387 e. The molecule has 0 aliphatic carbocycles. The number of alkyl halides is 2. The molecule has 6 nitrogen and oxygen atoms in total. The SMILES string of the molecule is O=C[C@@H]1CC[C@@H](NC(=O)c2cnc3cc(OC(F)F)ccc3c2)CO1. The molecule has 1 fully saturated rings. The van der Waals surface area contributed by atoms with Crippen LogP contribution in [0.5, 0.6) is 5.75 Å². The summed E-state index contributed by atoms with van der Waals surface area (Å²) in [6.07, 6.45) is 2.96. The molecule has 3 rings (SSSR count). The van der Waals surface area contributed by atoms with Crippen molar-refractivity contribution in [3.63, 3.8) is 0 Å². The first-order valence-electron chi connectivity index (χ1n) is 7.77. The molecule has 1 N–H and O–H groups in total. The summed E-state index contributed by atoms with van der Waals surface area (Å²) in [5, 5.41) is 3.47. The van der Waals surface area contributed by atoms with E-state index in [2.05, 4.69) is 15.0 Å². The van der Waals surface area contributed by atoms with Crippen LogP contribution in [0, 0.1) is 0 Å². The van der Waals surface area contributed by atoms with Crippen molar-refractivity contribution in [3.05, 3.63) is 36.0 Å². The van der Waals surface area contributed by atoms with Gasteiger partial charge in [-0.25, -0.2) is 0 Å². The zero-order valence-corrected chi connectivity index (χ0v) is 13.2. The Hall–Kier alpha value is -2.61. The van der Waals surface area contributed by atoms with E-state index in [4.69, 9.17) is 4.74 Å². The Morgan fingerprint density at radius 2 is 2.20 bits per heavy atom. The molecular weight excluding hydrogens is 334 g/mol. The molecule has 1 aromatic heterocycles. The van der Waals surface area contributed by atoms with Crippen LogP contribution in [0.15, 0.2) is 30.5 Å². The molecule has 25 heavy (non-hydrogen) atoms. The van der Waals surface area contributed by atoms with Crippen molar-refractivity contribution >= 4 is 23.1 Å². The lowest BCUT2D eigenvalue weighted by Crippen LogP contribution is -2.43. The number of aromatic nitrogens is 1. The fraction of sp³-hybridized carbons (Fsp3) is 0.353. The van der Waals surface area contributed by atoms with Crippen molar-refractivity contribution in [1.29, 1.82) is 0 Å². The van der Waals surface area contributed by atoms with Crippen LogP contribution in [0.4, 0.5) is 8.78 Å². The van der Waals surface area contributed by atoms with Gasteiger partial charge in [0.25, 0.3) is 5.91 Å². The summed E-state index contributed by atoms with van der Waals surface area (Å²) in [5.74, 6) is -0.295. The third kappa shape index (κ3) is 4.27. The van der Waals surface area contributed by atoms with Crippen molar-refractivity contribution in [3.8, 4) is 5.75 Å². The van der Waals surface area contributed by atoms with Crippen LogP contribution in [0.3, 0.4) is 0 Å². The number of benzene rings is 1. The quantitative estimate of drug-likeness (QED) is 0.838. The molecule has 2 aromatic rings. The highest BCUT2D eigenvalue weighted by molar-refractivity contribution is 5.97. The Morgan fingerprint density at radius 1 is 1.36 bits per heavy atom. The number of nitrogens with zero attached hydrogens (tertiary/aromatic N) is 1. The second-order valence-corrected chi connectivity index (χ2v) is 5.71. The molecule has 8 heteroatoms. The number of hydrogen-bond acceptors (Lipinski definition) is 5. The van der Waals surface area contributed by atoms with Crippen LogP contribution in [-0.4, -0.2) is 42.5 Å². The van der Waals surface area contributed by atoms with E-state index in [-0.39, 0.29) is 24.3 Å². The minimum atomic E-state index is -2.90. The highest BCUT2D eigenvalue weighted by Gasteiger charge is 2.23. The fourth-order valence-corrected chi connectivity index (χ4v) is 2.66. The third-order valence-electron chi connectivity index (χ3n) is 3.94. The Balaban J connectivity index is 1.68. The van der Waals surface area contributed by atoms with E-state index in [1.807, 2.05) is 0 Å². The largest absolute Gasteiger partial charge is 0.435 e. The Kier molecular flexibility index (Phi) is 5.18. The van der Waals surface area contributed by atoms with Gasteiger partial charge in [-0.05, 0) is 31.0 Å². The minimum absolute atomic E-state index is 0.0105. The second kappa shape index (κ2) is 7.52. The standard InChI is InChI=1S/C17H16F2N2O4/c18-17(19)25-13-3-1-10-5-11(7-20-15(10)6-13)16(23)21-12-2-4-14(8-22)24-9-12/h1,3,5-8,12,14,17H,2,4,9H2,(H,21,23)/t12-,14+/m1/s1. The van der Waals surface area contributed by atoms with Gasteiger partial charge in [-0.1, -0.05) is 0 Å². The lowest BCUT2D eigenvalue weighted by Gasteiger charge is -2.26. The van der Waals surface area contributed by atoms with Gasteiger partial charge in [0.1, 0.15) is 18.1 Å². The van der Waals surface area contributed by atoms with Crippen LogP contribution in [0.25, 0.3) is 10.9 Å². The zero-order chi connectivity index (χ0) is 17.8. The third-order valence-corrected chi connectivity index (χ3v) is 3.94. The summed E-state index contributed by atoms with van der Waals surface area (Å²) in [6.45, 7) is -2.62. The normalized spacial score (nSPS) is 20.4.